The van der Waals surface area contributed by atoms with Crippen molar-refractivity contribution in [1.29, 1.82) is 0 Å². The molecule has 8 heteroatoms. The van der Waals surface area contributed by atoms with E-state index in [9.17, 15) is 14.4 Å². The van der Waals surface area contributed by atoms with E-state index in [1.165, 1.54) is 0 Å². The Kier molecular flexibility index (Phi) is 7.52. The molecule has 3 saturated heterocycles. The van der Waals surface area contributed by atoms with Gasteiger partial charge < -0.3 is 25.4 Å². The van der Waals surface area contributed by atoms with Crippen LogP contribution in [0.1, 0.15) is 64.9 Å². The normalized spacial score (nSPS) is 31.2. The van der Waals surface area contributed by atoms with Crippen LogP contribution in [-0.4, -0.2) is 64.2 Å². The molecule has 5 atom stereocenters. The number of fused-ring (bicyclic) bond motifs is 1. The van der Waals surface area contributed by atoms with E-state index in [0.29, 0.717) is 45.2 Å². The zero-order chi connectivity index (χ0) is 25.2. The van der Waals surface area contributed by atoms with Gasteiger partial charge in [0, 0.05) is 25.7 Å². The molecule has 3 aliphatic rings. The molecule has 0 saturated carbocycles. The third kappa shape index (κ3) is 4.47. The molecule has 1 aromatic carbocycles. The van der Waals surface area contributed by atoms with Crippen LogP contribution in [0.5, 0.6) is 0 Å². The van der Waals surface area contributed by atoms with Crippen LogP contribution in [0.25, 0.3) is 0 Å². The highest BCUT2D eigenvalue weighted by Crippen LogP contribution is 2.64. The number of benzene rings is 1. The molecule has 3 aliphatic heterocycles. The van der Waals surface area contributed by atoms with E-state index in [0.717, 1.165) is 12.0 Å². The van der Waals surface area contributed by atoms with E-state index in [1.807, 2.05) is 51.1 Å². The molecular formula is C27H39N3O5. The molecule has 4 rings (SSSR count). The Morgan fingerprint density at radius 2 is 1.89 bits per heavy atom. The quantitative estimate of drug-likeness (QED) is 0.416. The monoisotopic (exact) mass is 485 g/mol. The second-order valence-electron chi connectivity index (χ2n) is 10.5. The number of amides is 3. The predicted molar refractivity (Wildman–Crippen MR) is 131 cm³/mol. The smallest absolute Gasteiger partial charge is 0.246 e. The van der Waals surface area contributed by atoms with E-state index in [4.69, 9.17) is 9.84 Å². The molecule has 1 aromatic rings. The van der Waals surface area contributed by atoms with Crippen molar-refractivity contribution in [2.24, 2.45) is 11.8 Å². The minimum absolute atomic E-state index is 0.0759. The summed E-state index contributed by atoms with van der Waals surface area (Å²) < 4.78 is 6.73. The molecule has 8 nitrogen and oxygen atoms in total. The van der Waals surface area contributed by atoms with E-state index in [2.05, 4.69) is 10.6 Å². The number of aliphatic hydroxyl groups excluding tert-OH is 1. The lowest BCUT2D eigenvalue weighted by Gasteiger charge is -2.34. The Morgan fingerprint density at radius 3 is 2.54 bits per heavy atom. The molecule has 0 aromatic heterocycles. The van der Waals surface area contributed by atoms with Gasteiger partial charge in [-0.1, -0.05) is 37.3 Å². The van der Waals surface area contributed by atoms with Crippen molar-refractivity contribution >= 4 is 17.7 Å². The van der Waals surface area contributed by atoms with Crippen LogP contribution in [0.2, 0.25) is 0 Å². The summed E-state index contributed by atoms with van der Waals surface area (Å²) in [6.45, 7) is 6.69. The number of nitrogens with one attached hydrogen (secondary N) is 2. The van der Waals surface area contributed by atoms with E-state index < -0.39 is 29.1 Å². The molecule has 0 radical (unpaired) electrons. The van der Waals surface area contributed by atoms with Crippen molar-refractivity contribution in [3.05, 3.63) is 35.9 Å². The molecular weight excluding hydrogens is 446 g/mol. The molecule has 192 valence electrons. The molecule has 0 aliphatic carbocycles. The lowest BCUT2D eigenvalue weighted by atomic mass is 9.65. The zero-order valence-corrected chi connectivity index (χ0v) is 21.1. The van der Waals surface area contributed by atoms with Crippen molar-refractivity contribution in [1.82, 2.24) is 15.5 Å². The minimum Gasteiger partial charge on any atom is -0.396 e. The summed E-state index contributed by atoms with van der Waals surface area (Å²) in [5, 5.41) is 15.2. The van der Waals surface area contributed by atoms with Gasteiger partial charge in [0.25, 0.3) is 0 Å². The highest BCUT2D eigenvalue weighted by molar-refractivity contribution is 5.99. The molecule has 35 heavy (non-hydrogen) atoms. The number of hydrogen-bond acceptors (Lipinski definition) is 5. The van der Waals surface area contributed by atoms with Crippen LogP contribution >= 0.6 is 0 Å². The Balaban J connectivity index is 1.63. The van der Waals surface area contributed by atoms with E-state index in [1.54, 1.807) is 4.90 Å². The van der Waals surface area contributed by atoms with E-state index in [-0.39, 0.29) is 30.4 Å². The molecule has 3 heterocycles. The fourth-order valence-corrected chi connectivity index (χ4v) is 6.49. The summed E-state index contributed by atoms with van der Waals surface area (Å²) in [6.07, 6.45) is 3.95. The third-order valence-electron chi connectivity index (χ3n) is 8.01. The van der Waals surface area contributed by atoms with Crippen molar-refractivity contribution < 1.29 is 24.2 Å². The van der Waals surface area contributed by atoms with Crippen LogP contribution in [0.3, 0.4) is 0 Å². The summed E-state index contributed by atoms with van der Waals surface area (Å²) in [5.74, 6) is -1.86. The van der Waals surface area contributed by atoms with Crippen molar-refractivity contribution in [2.75, 3.05) is 13.2 Å². The first-order valence-corrected chi connectivity index (χ1v) is 13.0. The zero-order valence-electron chi connectivity index (χ0n) is 21.1. The first-order valence-electron chi connectivity index (χ1n) is 13.0. The van der Waals surface area contributed by atoms with Gasteiger partial charge in [0.15, 0.2) is 0 Å². The third-order valence-corrected chi connectivity index (χ3v) is 8.01. The van der Waals surface area contributed by atoms with Gasteiger partial charge >= 0.3 is 0 Å². The first kappa shape index (κ1) is 25.6. The minimum atomic E-state index is -0.988. The van der Waals surface area contributed by atoms with Gasteiger partial charge in [0.2, 0.25) is 17.7 Å². The van der Waals surface area contributed by atoms with Gasteiger partial charge in [-0.2, -0.15) is 0 Å². The second-order valence-corrected chi connectivity index (χ2v) is 10.5. The fraction of sp³-hybridized carbons (Fsp3) is 0.667. The molecule has 3 amide bonds. The molecule has 3 fully saturated rings. The van der Waals surface area contributed by atoms with Crippen LogP contribution in [0.15, 0.2) is 30.3 Å². The molecule has 3 N–H and O–H groups in total. The molecule has 1 spiro atoms. The summed E-state index contributed by atoms with van der Waals surface area (Å²) in [4.78, 5) is 42.7. The topological polar surface area (TPSA) is 108 Å². The fourth-order valence-electron chi connectivity index (χ4n) is 6.49. The number of ether oxygens (including phenoxy) is 1. The Hall–Kier alpha value is -2.45. The van der Waals surface area contributed by atoms with Crippen LogP contribution in [0.4, 0.5) is 0 Å². The molecule has 2 unspecified atom stereocenters. The van der Waals surface area contributed by atoms with Crippen LogP contribution in [-0.2, 0) is 25.7 Å². The van der Waals surface area contributed by atoms with Gasteiger partial charge in [0.05, 0.1) is 17.4 Å². The number of likely N-dealkylation sites (tertiary alicyclic amines) is 1. The lowest BCUT2D eigenvalue weighted by molar-refractivity contribution is -0.148. The Labute approximate surface area is 207 Å². The second kappa shape index (κ2) is 10.3. The standard InChI is InChI=1S/C27H39N3O5/c1-4-26-13-14-27(35-26)21(20(26)23(32)28-17-19-11-7-5-8-12-19)25(34)30(15-9-6-10-16-31)22(27)24(33)29-18(2)3/h5,7-8,11-12,18,20-22,31H,4,6,9-10,13-17H2,1-3H3,(H,28,32)(H,29,33)/t20-,21+,22?,26+,27?/m1/s1. The number of unbranched alkanes of at least 4 members (excludes halogenated alkanes) is 2. The van der Waals surface area contributed by atoms with Gasteiger partial charge in [-0.15, -0.1) is 0 Å². The number of carbonyl (C=O) groups excluding carboxylic acids is 3. The van der Waals surface area contributed by atoms with E-state index >= 15 is 0 Å². The number of carbonyl (C=O) groups is 3. The summed E-state index contributed by atoms with van der Waals surface area (Å²) in [5.41, 5.74) is -0.735. The van der Waals surface area contributed by atoms with Gasteiger partial charge in [-0.25, -0.2) is 0 Å². The van der Waals surface area contributed by atoms with Crippen LogP contribution < -0.4 is 10.6 Å². The van der Waals surface area contributed by atoms with Crippen molar-refractivity contribution in [2.45, 2.75) is 89.1 Å². The average Bonchev–Trinajstić information content (AvgIpc) is 3.44. The summed E-state index contributed by atoms with van der Waals surface area (Å²) in [7, 11) is 0. The van der Waals surface area contributed by atoms with Gasteiger partial charge in [-0.05, 0) is 57.9 Å². The largest absolute Gasteiger partial charge is 0.396 e. The maximum Gasteiger partial charge on any atom is 0.246 e. The Bertz CT molecular complexity index is 938. The van der Waals surface area contributed by atoms with Crippen molar-refractivity contribution in [3.8, 4) is 0 Å². The SMILES string of the molecule is CC[C@@]12CCC3(O1)C(C(=O)NC(C)C)N(CCCCCO)C(=O)[C@@H]3[C@@H]2C(=O)NCc1ccccc1. The van der Waals surface area contributed by atoms with Crippen molar-refractivity contribution in [3.63, 3.8) is 0 Å². The van der Waals surface area contributed by atoms with Gasteiger partial charge in [0.1, 0.15) is 11.6 Å². The summed E-state index contributed by atoms with van der Waals surface area (Å²) >= 11 is 0. The number of rotatable bonds is 11. The highest BCUT2D eigenvalue weighted by atomic mass is 16.5. The molecule has 2 bridgehead atoms. The maximum atomic E-state index is 13.9. The first-order chi connectivity index (χ1) is 16.8. The number of aliphatic hydroxyl groups is 1. The lowest BCUT2D eigenvalue weighted by Crippen LogP contribution is -2.56. The van der Waals surface area contributed by atoms with Crippen LogP contribution in [0, 0.1) is 11.8 Å². The average molecular weight is 486 g/mol. The predicted octanol–water partition coefficient (Wildman–Crippen LogP) is 2.14. The highest BCUT2D eigenvalue weighted by Gasteiger charge is 2.78. The number of nitrogens with zero attached hydrogens (tertiary/aromatic N) is 1. The number of hydrogen-bond donors (Lipinski definition) is 3. The summed E-state index contributed by atoms with van der Waals surface area (Å²) in [6, 6.07) is 8.87. The maximum absolute atomic E-state index is 13.9. The van der Waals surface area contributed by atoms with Gasteiger partial charge in [-0.3, -0.25) is 14.4 Å². The Morgan fingerprint density at radius 1 is 1.14 bits per heavy atom.